The summed E-state index contributed by atoms with van der Waals surface area (Å²) in [4.78, 5) is 14.0. The highest BCUT2D eigenvalue weighted by Gasteiger charge is 2.26. The zero-order valence-electron chi connectivity index (χ0n) is 12.5. The Morgan fingerprint density at radius 2 is 2.30 bits per heavy atom. The number of rotatable bonds is 5. The van der Waals surface area contributed by atoms with E-state index in [-0.39, 0.29) is 17.9 Å². The lowest BCUT2D eigenvalue weighted by Crippen LogP contribution is -2.32. The summed E-state index contributed by atoms with van der Waals surface area (Å²) < 4.78 is 10.9. The fourth-order valence-electron chi connectivity index (χ4n) is 2.38. The van der Waals surface area contributed by atoms with Crippen LogP contribution in [0, 0.1) is 5.92 Å². The quantitative estimate of drug-likeness (QED) is 0.830. The molecule has 1 amide bonds. The van der Waals surface area contributed by atoms with Gasteiger partial charge in [-0.2, -0.15) is 0 Å². The zero-order chi connectivity index (χ0) is 14.5. The highest BCUT2D eigenvalue weighted by atomic mass is 16.5. The molecule has 1 aromatic rings. The summed E-state index contributed by atoms with van der Waals surface area (Å²) in [7, 11) is 1.84. The van der Waals surface area contributed by atoms with Crippen LogP contribution in [0.4, 0.5) is 0 Å². The molecule has 1 aromatic carbocycles. The van der Waals surface area contributed by atoms with Gasteiger partial charge in [-0.3, -0.25) is 4.79 Å². The lowest BCUT2D eigenvalue weighted by Gasteiger charge is -2.21. The number of carbonyl (C=O) groups is 1. The van der Waals surface area contributed by atoms with Gasteiger partial charge in [-0.25, -0.2) is 0 Å². The minimum absolute atomic E-state index is 0.0232. The van der Waals surface area contributed by atoms with E-state index in [4.69, 9.17) is 9.47 Å². The summed E-state index contributed by atoms with van der Waals surface area (Å²) in [6, 6.07) is 7.91. The molecule has 4 heteroatoms. The highest BCUT2D eigenvalue weighted by Crippen LogP contribution is 2.19. The molecule has 0 saturated carbocycles. The summed E-state index contributed by atoms with van der Waals surface area (Å²) in [6.07, 6.45) is 0.986. The van der Waals surface area contributed by atoms with Gasteiger partial charge < -0.3 is 14.4 Å². The highest BCUT2D eigenvalue weighted by molar-refractivity contribution is 5.78. The Kier molecular flexibility index (Phi) is 5.01. The van der Waals surface area contributed by atoms with Crippen LogP contribution in [-0.2, 0) is 16.1 Å². The monoisotopic (exact) mass is 277 g/mol. The average Bonchev–Trinajstić information content (AvgIpc) is 2.91. The Morgan fingerprint density at radius 3 is 2.95 bits per heavy atom. The van der Waals surface area contributed by atoms with E-state index in [1.54, 1.807) is 4.90 Å². The molecule has 0 radical (unpaired) electrons. The first-order valence-electron chi connectivity index (χ1n) is 7.14. The fraction of sp³-hybridized carbons (Fsp3) is 0.562. The maximum absolute atomic E-state index is 12.2. The molecule has 4 nitrogen and oxygen atoms in total. The van der Waals surface area contributed by atoms with E-state index in [0.29, 0.717) is 19.8 Å². The number of ether oxygens (including phenoxy) is 2. The molecule has 110 valence electrons. The van der Waals surface area contributed by atoms with Crippen LogP contribution in [0.25, 0.3) is 0 Å². The smallest absolute Gasteiger partial charge is 0.228 e. The molecule has 2 rings (SSSR count). The Hall–Kier alpha value is -1.55. The normalized spacial score (nSPS) is 18.3. The molecule has 1 saturated heterocycles. The number of nitrogens with zero attached hydrogens (tertiary/aromatic N) is 1. The molecule has 1 atom stereocenters. The first-order chi connectivity index (χ1) is 9.56. The second-order valence-electron chi connectivity index (χ2n) is 5.57. The maximum Gasteiger partial charge on any atom is 0.228 e. The molecule has 0 aliphatic carbocycles. The molecular weight excluding hydrogens is 254 g/mol. The minimum Gasteiger partial charge on any atom is -0.491 e. The van der Waals surface area contributed by atoms with Gasteiger partial charge in [-0.05, 0) is 38.0 Å². The maximum atomic E-state index is 12.2. The molecule has 1 heterocycles. The SMILES string of the molecule is CC(C)Oc1cccc(CN(C)C(=O)C2CCOC2)c1. The molecule has 20 heavy (non-hydrogen) atoms. The third kappa shape index (κ3) is 3.97. The van der Waals surface area contributed by atoms with Gasteiger partial charge >= 0.3 is 0 Å². The van der Waals surface area contributed by atoms with Crippen LogP contribution >= 0.6 is 0 Å². The molecular formula is C16H23NO3. The van der Waals surface area contributed by atoms with Gasteiger partial charge in [0.15, 0.2) is 0 Å². The number of hydrogen-bond acceptors (Lipinski definition) is 3. The van der Waals surface area contributed by atoms with Crippen LogP contribution < -0.4 is 4.74 Å². The topological polar surface area (TPSA) is 38.8 Å². The van der Waals surface area contributed by atoms with Crippen molar-refractivity contribution in [2.45, 2.75) is 32.9 Å². The van der Waals surface area contributed by atoms with E-state index in [0.717, 1.165) is 17.7 Å². The lowest BCUT2D eigenvalue weighted by atomic mass is 10.1. The van der Waals surface area contributed by atoms with Crippen molar-refractivity contribution in [2.24, 2.45) is 5.92 Å². The van der Waals surface area contributed by atoms with Gasteiger partial charge in [0.05, 0.1) is 18.6 Å². The van der Waals surface area contributed by atoms with Crippen LogP contribution in [0.15, 0.2) is 24.3 Å². The van der Waals surface area contributed by atoms with Crippen LogP contribution in [0.3, 0.4) is 0 Å². The second-order valence-corrected chi connectivity index (χ2v) is 5.57. The Balaban J connectivity index is 1.96. The van der Waals surface area contributed by atoms with Gasteiger partial charge in [0.25, 0.3) is 0 Å². The molecule has 0 aromatic heterocycles. The summed E-state index contributed by atoms with van der Waals surface area (Å²) in [6.45, 7) is 5.86. The fourth-order valence-corrected chi connectivity index (χ4v) is 2.38. The summed E-state index contributed by atoms with van der Waals surface area (Å²) >= 11 is 0. The van der Waals surface area contributed by atoms with Gasteiger partial charge in [0.1, 0.15) is 5.75 Å². The molecule has 1 aliphatic heterocycles. The van der Waals surface area contributed by atoms with Crippen LogP contribution in [0.1, 0.15) is 25.8 Å². The van der Waals surface area contributed by atoms with Gasteiger partial charge in [0.2, 0.25) is 5.91 Å². The zero-order valence-corrected chi connectivity index (χ0v) is 12.5. The summed E-state index contributed by atoms with van der Waals surface area (Å²) in [5.41, 5.74) is 1.08. The van der Waals surface area contributed by atoms with Crippen LogP contribution in [-0.4, -0.2) is 37.2 Å². The molecule has 0 bridgehead atoms. The molecule has 1 unspecified atom stereocenters. The number of benzene rings is 1. The third-order valence-corrected chi connectivity index (χ3v) is 3.35. The summed E-state index contributed by atoms with van der Waals surface area (Å²) in [5, 5.41) is 0. The van der Waals surface area contributed by atoms with Crippen molar-refractivity contribution < 1.29 is 14.3 Å². The number of carbonyl (C=O) groups excluding carboxylic acids is 1. The van der Waals surface area contributed by atoms with E-state index >= 15 is 0 Å². The van der Waals surface area contributed by atoms with Gasteiger partial charge in [0, 0.05) is 20.2 Å². The van der Waals surface area contributed by atoms with Gasteiger partial charge in [-0.1, -0.05) is 12.1 Å². The van der Waals surface area contributed by atoms with Crippen LogP contribution in [0.2, 0.25) is 0 Å². The predicted octanol–water partition coefficient (Wildman–Crippen LogP) is 2.47. The molecule has 1 aliphatic rings. The van der Waals surface area contributed by atoms with Gasteiger partial charge in [-0.15, -0.1) is 0 Å². The van der Waals surface area contributed by atoms with E-state index < -0.39 is 0 Å². The van der Waals surface area contributed by atoms with Crippen molar-refractivity contribution in [3.8, 4) is 5.75 Å². The van der Waals surface area contributed by atoms with Crippen molar-refractivity contribution in [1.82, 2.24) is 4.90 Å². The van der Waals surface area contributed by atoms with E-state index in [1.165, 1.54) is 0 Å². The standard InChI is InChI=1S/C16H23NO3/c1-12(2)20-15-6-4-5-13(9-15)10-17(3)16(18)14-7-8-19-11-14/h4-6,9,12,14H,7-8,10-11H2,1-3H3. The predicted molar refractivity (Wildman–Crippen MR) is 77.6 cm³/mol. The third-order valence-electron chi connectivity index (χ3n) is 3.35. The molecule has 0 spiro atoms. The van der Waals surface area contributed by atoms with Crippen molar-refractivity contribution in [1.29, 1.82) is 0 Å². The van der Waals surface area contributed by atoms with Crippen molar-refractivity contribution in [2.75, 3.05) is 20.3 Å². The largest absolute Gasteiger partial charge is 0.491 e. The minimum atomic E-state index is 0.0232. The first kappa shape index (κ1) is 14.9. The summed E-state index contributed by atoms with van der Waals surface area (Å²) in [5.74, 6) is 1.04. The first-order valence-corrected chi connectivity index (χ1v) is 7.14. The van der Waals surface area contributed by atoms with E-state index in [9.17, 15) is 4.79 Å². The van der Waals surface area contributed by atoms with Crippen molar-refractivity contribution in [3.05, 3.63) is 29.8 Å². The average molecular weight is 277 g/mol. The van der Waals surface area contributed by atoms with E-state index in [2.05, 4.69) is 0 Å². The number of amides is 1. The van der Waals surface area contributed by atoms with Crippen molar-refractivity contribution in [3.63, 3.8) is 0 Å². The molecule has 0 N–H and O–H groups in total. The molecule has 1 fully saturated rings. The second kappa shape index (κ2) is 6.75. The lowest BCUT2D eigenvalue weighted by molar-refractivity contribution is -0.134. The Morgan fingerprint density at radius 1 is 1.50 bits per heavy atom. The Labute approximate surface area is 120 Å². The number of hydrogen-bond donors (Lipinski definition) is 0. The van der Waals surface area contributed by atoms with Crippen molar-refractivity contribution >= 4 is 5.91 Å². The van der Waals surface area contributed by atoms with E-state index in [1.807, 2.05) is 45.2 Å². The Bertz CT molecular complexity index is 453. The van der Waals surface area contributed by atoms with Crippen LogP contribution in [0.5, 0.6) is 5.75 Å².